The fourth-order valence-corrected chi connectivity index (χ4v) is 2.83. The molecule has 1 aromatic carbocycles. The molecule has 27 heavy (non-hydrogen) atoms. The van der Waals surface area contributed by atoms with Gasteiger partial charge in [-0.3, -0.25) is 4.99 Å². The molecule has 1 aromatic heterocycles. The van der Waals surface area contributed by atoms with Crippen LogP contribution in [0.1, 0.15) is 25.8 Å². The molecule has 150 valence electrons. The SMILES string of the molecule is CCN(CC)CCCNC(=NC)NCCc1ccc(-n2cccn2)cc1.I. The number of hydrogen-bond donors (Lipinski definition) is 2. The average Bonchev–Trinajstić information content (AvgIpc) is 3.22. The summed E-state index contributed by atoms with van der Waals surface area (Å²) < 4.78 is 1.87. The number of halogens is 1. The molecule has 0 aliphatic carbocycles. The first-order valence-corrected chi connectivity index (χ1v) is 9.52. The van der Waals surface area contributed by atoms with E-state index in [1.54, 1.807) is 6.20 Å². The van der Waals surface area contributed by atoms with E-state index in [0.29, 0.717) is 0 Å². The van der Waals surface area contributed by atoms with Gasteiger partial charge in [-0.15, -0.1) is 24.0 Å². The Hall–Kier alpha value is -1.61. The second kappa shape index (κ2) is 13.5. The van der Waals surface area contributed by atoms with E-state index in [1.807, 2.05) is 24.0 Å². The predicted molar refractivity (Wildman–Crippen MR) is 124 cm³/mol. The van der Waals surface area contributed by atoms with Crippen molar-refractivity contribution in [1.82, 2.24) is 25.3 Å². The number of rotatable bonds is 10. The minimum Gasteiger partial charge on any atom is -0.356 e. The topological polar surface area (TPSA) is 57.5 Å². The van der Waals surface area contributed by atoms with Gasteiger partial charge in [0.2, 0.25) is 0 Å². The van der Waals surface area contributed by atoms with Crippen LogP contribution in [0.4, 0.5) is 0 Å². The Morgan fingerprint density at radius 3 is 2.41 bits per heavy atom. The Bertz CT molecular complexity index is 635. The Kier molecular flexibility index (Phi) is 11.8. The number of aliphatic imine (C=N–C) groups is 1. The van der Waals surface area contributed by atoms with E-state index in [0.717, 1.165) is 57.2 Å². The van der Waals surface area contributed by atoms with Gasteiger partial charge >= 0.3 is 0 Å². The van der Waals surface area contributed by atoms with Gasteiger partial charge in [0.1, 0.15) is 0 Å². The van der Waals surface area contributed by atoms with Crippen LogP contribution in [0.2, 0.25) is 0 Å². The van der Waals surface area contributed by atoms with Crippen molar-refractivity contribution in [3.63, 3.8) is 0 Å². The minimum absolute atomic E-state index is 0. The van der Waals surface area contributed by atoms with Gasteiger partial charge < -0.3 is 15.5 Å². The molecule has 0 bridgehead atoms. The lowest BCUT2D eigenvalue weighted by Crippen LogP contribution is -2.39. The quantitative estimate of drug-likeness (QED) is 0.236. The lowest BCUT2D eigenvalue weighted by atomic mass is 10.1. The third-order valence-electron chi connectivity index (χ3n) is 4.47. The predicted octanol–water partition coefficient (Wildman–Crippen LogP) is 2.93. The molecule has 0 saturated heterocycles. The third kappa shape index (κ3) is 8.30. The summed E-state index contributed by atoms with van der Waals surface area (Å²) in [6.45, 7) is 9.56. The maximum absolute atomic E-state index is 4.29. The van der Waals surface area contributed by atoms with E-state index in [1.165, 1.54) is 5.56 Å². The second-order valence-electron chi connectivity index (χ2n) is 6.17. The first-order valence-electron chi connectivity index (χ1n) is 9.52. The fourth-order valence-electron chi connectivity index (χ4n) is 2.83. The van der Waals surface area contributed by atoms with Gasteiger partial charge in [0.25, 0.3) is 0 Å². The zero-order chi connectivity index (χ0) is 18.6. The molecule has 2 aromatic rings. The molecule has 0 saturated carbocycles. The van der Waals surface area contributed by atoms with E-state index < -0.39 is 0 Å². The minimum atomic E-state index is 0. The normalized spacial score (nSPS) is 11.3. The lowest BCUT2D eigenvalue weighted by Gasteiger charge is -2.18. The van der Waals surface area contributed by atoms with Crippen LogP contribution in [0.5, 0.6) is 0 Å². The van der Waals surface area contributed by atoms with Crippen LogP contribution in [0, 0.1) is 0 Å². The van der Waals surface area contributed by atoms with E-state index in [9.17, 15) is 0 Å². The molecule has 0 radical (unpaired) electrons. The zero-order valence-electron chi connectivity index (χ0n) is 16.7. The van der Waals surface area contributed by atoms with E-state index in [2.05, 4.69) is 63.7 Å². The number of nitrogens with one attached hydrogen (secondary N) is 2. The van der Waals surface area contributed by atoms with Crippen LogP contribution < -0.4 is 10.6 Å². The monoisotopic (exact) mass is 484 g/mol. The molecular formula is C20H33IN6. The largest absolute Gasteiger partial charge is 0.356 e. The molecule has 0 spiro atoms. The van der Waals surface area contributed by atoms with Crippen LogP contribution in [0.15, 0.2) is 47.7 Å². The Morgan fingerprint density at radius 1 is 1.11 bits per heavy atom. The maximum atomic E-state index is 4.29. The molecule has 0 unspecified atom stereocenters. The molecule has 1 heterocycles. The third-order valence-corrected chi connectivity index (χ3v) is 4.47. The van der Waals surface area contributed by atoms with Gasteiger partial charge in [-0.05, 0) is 56.2 Å². The lowest BCUT2D eigenvalue weighted by molar-refractivity contribution is 0.300. The van der Waals surface area contributed by atoms with Crippen molar-refractivity contribution >= 4 is 29.9 Å². The van der Waals surface area contributed by atoms with Crippen molar-refractivity contribution < 1.29 is 0 Å². The summed E-state index contributed by atoms with van der Waals surface area (Å²) in [5.41, 5.74) is 2.38. The van der Waals surface area contributed by atoms with Crippen molar-refractivity contribution in [2.75, 3.05) is 39.8 Å². The molecule has 0 aliphatic rings. The molecule has 2 N–H and O–H groups in total. The molecule has 6 nitrogen and oxygen atoms in total. The van der Waals surface area contributed by atoms with Gasteiger partial charge in [-0.2, -0.15) is 5.10 Å². The fraction of sp³-hybridized carbons (Fsp3) is 0.500. The van der Waals surface area contributed by atoms with Crippen LogP contribution in [-0.4, -0.2) is 60.4 Å². The molecule has 0 atom stereocenters. The Labute approximate surface area is 180 Å². The summed E-state index contributed by atoms with van der Waals surface area (Å²) in [4.78, 5) is 6.73. The van der Waals surface area contributed by atoms with Gasteiger partial charge in [-0.1, -0.05) is 26.0 Å². The van der Waals surface area contributed by atoms with Gasteiger partial charge in [0.15, 0.2) is 5.96 Å². The summed E-state index contributed by atoms with van der Waals surface area (Å²) in [6.07, 6.45) is 5.82. The first kappa shape index (κ1) is 23.4. The summed E-state index contributed by atoms with van der Waals surface area (Å²) in [5, 5.41) is 11.0. The molecule has 0 aliphatic heterocycles. The number of nitrogens with zero attached hydrogens (tertiary/aromatic N) is 4. The van der Waals surface area contributed by atoms with Gasteiger partial charge in [-0.25, -0.2) is 4.68 Å². The Balaban J connectivity index is 0.00000364. The van der Waals surface area contributed by atoms with Crippen molar-refractivity contribution in [1.29, 1.82) is 0 Å². The Morgan fingerprint density at radius 2 is 1.81 bits per heavy atom. The summed E-state index contributed by atoms with van der Waals surface area (Å²) >= 11 is 0. The smallest absolute Gasteiger partial charge is 0.190 e. The number of aromatic nitrogens is 2. The highest BCUT2D eigenvalue weighted by atomic mass is 127. The molecule has 2 rings (SSSR count). The van der Waals surface area contributed by atoms with Crippen LogP contribution in [0.25, 0.3) is 5.69 Å². The number of guanidine groups is 1. The van der Waals surface area contributed by atoms with Gasteiger partial charge in [0, 0.05) is 32.5 Å². The number of hydrogen-bond acceptors (Lipinski definition) is 3. The molecule has 0 fully saturated rings. The van der Waals surface area contributed by atoms with Crippen molar-refractivity contribution in [3.05, 3.63) is 48.3 Å². The highest BCUT2D eigenvalue weighted by molar-refractivity contribution is 14.0. The highest BCUT2D eigenvalue weighted by Crippen LogP contribution is 2.08. The van der Waals surface area contributed by atoms with E-state index in [4.69, 9.17) is 0 Å². The van der Waals surface area contributed by atoms with Crippen LogP contribution in [0.3, 0.4) is 0 Å². The number of benzene rings is 1. The summed E-state index contributed by atoms with van der Waals surface area (Å²) in [6, 6.07) is 10.4. The average molecular weight is 484 g/mol. The maximum Gasteiger partial charge on any atom is 0.190 e. The second-order valence-corrected chi connectivity index (χ2v) is 6.17. The van der Waals surface area contributed by atoms with Crippen molar-refractivity contribution in [2.45, 2.75) is 26.7 Å². The van der Waals surface area contributed by atoms with E-state index in [-0.39, 0.29) is 24.0 Å². The highest BCUT2D eigenvalue weighted by Gasteiger charge is 2.01. The summed E-state index contributed by atoms with van der Waals surface area (Å²) in [5.74, 6) is 0.873. The standard InChI is InChI=1S/C20H32N6.HI/c1-4-25(5-2)16-6-13-22-20(21-3)23-15-12-18-8-10-19(11-9-18)26-17-7-14-24-26;/h7-11,14,17H,4-6,12-13,15-16H2,1-3H3,(H2,21,22,23);1H. The van der Waals surface area contributed by atoms with Crippen molar-refractivity contribution in [2.24, 2.45) is 4.99 Å². The summed E-state index contributed by atoms with van der Waals surface area (Å²) in [7, 11) is 1.82. The van der Waals surface area contributed by atoms with Crippen LogP contribution in [-0.2, 0) is 6.42 Å². The van der Waals surface area contributed by atoms with Crippen LogP contribution >= 0.6 is 24.0 Å². The zero-order valence-corrected chi connectivity index (χ0v) is 19.0. The van der Waals surface area contributed by atoms with E-state index >= 15 is 0 Å². The van der Waals surface area contributed by atoms with Crippen molar-refractivity contribution in [3.8, 4) is 5.69 Å². The van der Waals surface area contributed by atoms with Gasteiger partial charge in [0.05, 0.1) is 5.69 Å². The molecule has 7 heteroatoms. The molecule has 0 amide bonds. The first-order chi connectivity index (χ1) is 12.8. The molecular weight excluding hydrogens is 451 g/mol.